The molecule has 0 heterocycles. The first-order valence-corrected chi connectivity index (χ1v) is 6.32. The zero-order chi connectivity index (χ0) is 14.0. The van der Waals surface area contributed by atoms with Crippen molar-refractivity contribution in [2.75, 3.05) is 0 Å². The summed E-state index contributed by atoms with van der Waals surface area (Å²) in [4.78, 5) is 0. The van der Waals surface area contributed by atoms with Crippen LogP contribution in [0.3, 0.4) is 0 Å². The van der Waals surface area contributed by atoms with Crippen LogP contribution in [0, 0.1) is 19.7 Å². The van der Waals surface area contributed by atoms with Crippen molar-refractivity contribution in [1.29, 1.82) is 0 Å². The van der Waals surface area contributed by atoms with Crippen LogP contribution in [0.4, 0.5) is 4.39 Å². The summed E-state index contributed by atoms with van der Waals surface area (Å²) in [7, 11) is 0. The number of halogens is 2. The third kappa shape index (κ3) is 3.06. The number of hydrogen-bond donors (Lipinski definition) is 1. The molecule has 2 rings (SSSR count). The SMILES string of the molecule is Cc1cc(Oc2ccc(F)cc2CN)cc(C)c1Cl. The van der Waals surface area contributed by atoms with E-state index in [0.717, 1.165) is 16.1 Å². The van der Waals surface area contributed by atoms with E-state index in [9.17, 15) is 4.39 Å². The normalized spacial score (nSPS) is 10.6. The smallest absolute Gasteiger partial charge is 0.132 e. The van der Waals surface area contributed by atoms with Gasteiger partial charge in [-0.15, -0.1) is 0 Å². The van der Waals surface area contributed by atoms with E-state index in [1.165, 1.54) is 12.1 Å². The maximum atomic E-state index is 13.1. The first-order chi connectivity index (χ1) is 9.01. The van der Waals surface area contributed by atoms with E-state index in [0.29, 0.717) is 17.1 Å². The Bertz CT molecular complexity index is 590. The predicted molar refractivity (Wildman–Crippen MR) is 75.3 cm³/mol. The van der Waals surface area contributed by atoms with Crippen molar-refractivity contribution in [3.8, 4) is 11.5 Å². The van der Waals surface area contributed by atoms with E-state index in [1.54, 1.807) is 6.07 Å². The van der Waals surface area contributed by atoms with E-state index in [1.807, 2.05) is 26.0 Å². The van der Waals surface area contributed by atoms with Crippen LogP contribution in [0.15, 0.2) is 30.3 Å². The molecule has 2 N–H and O–H groups in total. The standard InChI is InChI=1S/C15H15ClFNO/c1-9-5-13(6-10(2)15(9)16)19-14-4-3-12(17)7-11(14)8-18/h3-7H,8,18H2,1-2H3. The first kappa shape index (κ1) is 13.8. The summed E-state index contributed by atoms with van der Waals surface area (Å²) in [6, 6.07) is 8.00. The van der Waals surface area contributed by atoms with E-state index in [4.69, 9.17) is 22.1 Å². The second-order valence-electron chi connectivity index (χ2n) is 4.43. The quantitative estimate of drug-likeness (QED) is 0.907. The zero-order valence-electron chi connectivity index (χ0n) is 10.8. The van der Waals surface area contributed by atoms with Crippen LogP contribution < -0.4 is 10.5 Å². The molecule has 0 radical (unpaired) electrons. The van der Waals surface area contributed by atoms with Crippen molar-refractivity contribution in [3.63, 3.8) is 0 Å². The molecule has 2 aromatic carbocycles. The molecule has 19 heavy (non-hydrogen) atoms. The minimum Gasteiger partial charge on any atom is -0.457 e. The van der Waals surface area contributed by atoms with Gasteiger partial charge in [-0.05, 0) is 55.3 Å². The number of nitrogens with two attached hydrogens (primary N) is 1. The molecule has 0 saturated carbocycles. The van der Waals surface area contributed by atoms with Gasteiger partial charge in [-0.25, -0.2) is 4.39 Å². The van der Waals surface area contributed by atoms with E-state index >= 15 is 0 Å². The number of rotatable bonds is 3. The van der Waals surface area contributed by atoms with Crippen molar-refractivity contribution in [2.24, 2.45) is 5.73 Å². The minimum atomic E-state index is -0.323. The highest BCUT2D eigenvalue weighted by atomic mass is 35.5. The number of ether oxygens (including phenoxy) is 1. The van der Waals surface area contributed by atoms with Gasteiger partial charge in [-0.3, -0.25) is 0 Å². The summed E-state index contributed by atoms with van der Waals surface area (Å²) >= 11 is 6.11. The van der Waals surface area contributed by atoms with Crippen LogP contribution in [0.5, 0.6) is 11.5 Å². The number of hydrogen-bond acceptors (Lipinski definition) is 2. The fourth-order valence-electron chi connectivity index (χ4n) is 1.90. The Morgan fingerprint density at radius 2 is 1.79 bits per heavy atom. The van der Waals surface area contributed by atoms with Crippen LogP contribution in [0.1, 0.15) is 16.7 Å². The molecule has 0 spiro atoms. The molecule has 0 atom stereocenters. The molecule has 2 aromatic rings. The van der Waals surface area contributed by atoms with Crippen molar-refractivity contribution in [1.82, 2.24) is 0 Å². The second kappa shape index (κ2) is 5.59. The Morgan fingerprint density at radius 1 is 1.16 bits per heavy atom. The predicted octanol–water partition coefficient (Wildman–Crippen LogP) is 4.35. The zero-order valence-corrected chi connectivity index (χ0v) is 11.6. The molecule has 0 amide bonds. The van der Waals surface area contributed by atoms with Crippen LogP contribution in [-0.4, -0.2) is 0 Å². The summed E-state index contributed by atoms with van der Waals surface area (Å²) in [6.07, 6.45) is 0. The van der Waals surface area contributed by atoms with E-state index < -0.39 is 0 Å². The first-order valence-electron chi connectivity index (χ1n) is 5.94. The van der Waals surface area contributed by atoms with E-state index in [-0.39, 0.29) is 12.4 Å². The molecule has 0 aliphatic heterocycles. The minimum absolute atomic E-state index is 0.221. The Hall–Kier alpha value is -1.58. The lowest BCUT2D eigenvalue weighted by atomic mass is 10.1. The Labute approximate surface area is 117 Å². The molecular formula is C15H15ClFNO. The van der Waals surface area contributed by atoms with Gasteiger partial charge < -0.3 is 10.5 Å². The summed E-state index contributed by atoms with van der Waals surface area (Å²) in [5.74, 6) is 0.905. The van der Waals surface area contributed by atoms with Crippen molar-refractivity contribution >= 4 is 11.6 Å². The van der Waals surface area contributed by atoms with Crippen LogP contribution in [0.2, 0.25) is 5.02 Å². The number of benzene rings is 2. The number of aryl methyl sites for hydroxylation is 2. The molecule has 0 saturated heterocycles. The topological polar surface area (TPSA) is 35.2 Å². The molecule has 0 fully saturated rings. The molecular weight excluding hydrogens is 265 g/mol. The van der Waals surface area contributed by atoms with Gasteiger partial charge in [-0.2, -0.15) is 0 Å². The van der Waals surface area contributed by atoms with Crippen LogP contribution >= 0.6 is 11.6 Å². The van der Waals surface area contributed by atoms with Crippen molar-refractivity contribution in [3.05, 3.63) is 57.9 Å². The van der Waals surface area contributed by atoms with Gasteiger partial charge in [0.15, 0.2) is 0 Å². The van der Waals surface area contributed by atoms with Gasteiger partial charge in [0.25, 0.3) is 0 Å². The van der Waals surface area contributed by atoms with E-state index in [2.05, 4.69) is 0 Å². The summed E-state index contributed by atoms with van der Waals surface area (Å²) in [6.45, 7) is 4.05. The fourth-order valence-corrected chi connectivity index (χ4v) is 2.01. The van der Waals surface area contributed by atoms with Gasteiger partial charge in [0.1, 0.15) is 17.3 Å². The molecule has 0 unspecified atom stereocenters. The molecule has 0 bridgehead atoms. The third-order valence-electron chi connectivity index (χ3n) is 2.88. The third-order valence-corrected chi connectivity index (χ3v) is 3.48. The lowest BCUT2D eigenvalue weighted by Gasteiger charge is -2.12. The maximum absolute atomic E-state index is 13.1. The molecule has 100 valence electrons. The van der Waals surface area contributed by atoms with Gasteiger partial charge in [0.2, 0.25) is 0 Å². The molecule has 4 heteroatoms. The molecule has 2 nitrogen and oxygen atoms in total. The van der Waals surface area contributed by atoms with Gasteiger partial charge in [0.05, 0.1) is 0 Å². The molecule has 0 aliphatic rings. The Morgan fingerprint density at radius 3 is 2.37 bits per heavy atom. The van der Waals surface area contributed by atoms with Crippen LogP contribution in [0.25, 0.3) is 0 Å². The van der Waals surface area contributed by atoms with Gasteiger partial charge in [0, 0.05) is 17.1 Å². The fraction of sp³-hybridized carbons (Fsp3) is 0.200. The van der Waals surface area contributed by atoms with Crippen LogP contribution in [-0.2, 0) is 6.54 Å². The Kier molecular flexibility index (Phi) is 4.08. The average molecular weight is 280 g/mol. The molecule has 0 aromatic heterocycles. The van der Waals surface area contributed by atoms with Crippen molar-refractivity contribution < 1.29 is 9.13 Å². The highest BCUT2D eigenvalue weighted by Crippen LogP contribution is 2.30. The lowest BCUT2D eigenvalue weighted by Crippen LogP contribution is -2.00. The highest BCUT2D eigenvalue weighted by molar-refractivity contribution is 6.32. The van der Waals surface area contributed by atoms with Gasteiger partial charge >= 0.3 is 0 Å². The molecule has 0 aliphatic carbocycles. The highest BCUT2D eigenvalue weighted by Gasteiger charge is 2.08. The average Bonchev–Trinajstić information content (AvgIpc) is 2.38. The summed E-state index contributed by atoms with van der Waals surface area (Å²) in [5, 5.41) is 0.727. The summed E-state index contributed by atoms with van der Waals surface area (Å²) < 4.78 is 18.9. The Balaban J connectivity index is 2.36. The lowest BCUT2D eigenvalue weighted by molar-refractivity contribution is 0.473. The monoisotopic (exact) mass is 279 g/mol. The second-order valence-corrected chi connectivity index (χ2v) is 4.81. The summed E-state index contributed by atoms with van der Waals surface area (Å²) in [5.41, 5.74) is 8.10. The van der Waals surface area contributed by atoms with Gasteiger partial charge in [-0.1, -0.05) is 11.6 Å². The van der Waals surface area contributed by atoms with Crippen molar-refractivity contribution in [2.45, 2.75) is 20.4 Å². The maximum Gasteiger partial charge on any atom is 0.132 e. The largest absolute Gasteiger partial charge is 0.457 e.